The lowest BCUT2D eigenvalue weighted by Gasteiger charge is -2.38. The standard InChI is InChI=1S/C23H38N4O3/c1-17(2)21(28)25-13-14-26-22(24-3)27-16-23(11-7-6-8-12-23)18-9-10-19(29-4)20(15-18)30-5/h9-10,15,17H,6-8,11-14,16H2,1-5H3,(H,25,28)(H2,24,26,27). The number of hydrogen-bond acceptors (Lipinski definition) is 4. The Bertz CT molecular complexity index is 712. The molecular formula is C23H38N4O3. The van der Waals surface area contributed by atoms with E-state index in [1.807, 2.05) is 19.9 Å². The third-order valence-corrected chi connectivity index (χ3v) is 5.87. The number of nitrogens with one attached hydrogen (secondary N) is 3. The molecule has 0 heterocycles. The fourth-order valence-corrected chi connectivity index (χ4v) is 4.01. The quantitative estimate of drug-likeness (QED) is 0.326. The average molecular weight is 419 g/mol. The van der Waals surface area contributed by atoms with Gasteiger partial charge < -0.3 is 25.4 Å². The first kappa shape index (κ1) is 23.8. The van der Waals surface area contributed by atoms with Gasteiger partial charge in [-0.2, -0.15) is 0 Å². The smallest absolute Gasteiger partial charge is 0.222 e. The van der Waals surface area contributed by atoms with E-state index >= 15 is 0 Å². The van der Waals surface area contributed by atoms with Crippen molar-refractivity contribution >= 4 is 11.9 Å². The van der Waals surface area contributed by atoms with E-state index in [0.29, 0.717) is 13.1 Å². The van der Waals surface area contributed by atoms with E-state index in [1.165, 1.54) is 24.8 Å². The van der Waals surface area contributed by atoms with Gasteiger partial charge in [0.2, 0.25) is 5.91 Å². The zero-order chi connectivity index (χ0) is 22.0. The number of guanidine groups is 1. The Morgan fingerprint density at radius 2 is 1.70 bits per heavy atom. The minimum Gasteiger partial charge on any atom is -0.493 e. The Hall–Kier alpha value is -2.44. The molecule has 1 amide bonds. The molecule has 3 N–H and O–H groups in total. The van der Waals surface area contributed by atoms with E-state index in [0.717, 1.165) is 36.8 Å². The van der Waals surface area contributed by atoms with Crippen LogP contribution in [-0.2, 0) is 10.2 Å². The van der Waals surface area contributed by atoms with E-state index in [-0.39, 0.29) is 17.2 Å². The van der Waals surface area contributed by atoms with Gasteiger partial charge in [0.15, 0.2) is 17.5 Å². The number of aliphatic imine (C=N–C) groups is 1. The molecule has 0 aliphatic heterocycles. The van der Waals surface area contributed by atoms with Gasteiger partial charge in [0.1, 0.15) is 0 Å². The summed E-state index contributed by atoms with van der Waals surface area (Å²) in [5, 5.41) is 9.72. The fraction of sp³-hybridized carbons (Fsp3) is 0.652. The number of carbonyl (C=O) groups excluding carboxylic acids is 1. The molecule has 1 aliphatic rings. The van der Waals surface area contributed by atoms with Crippen LogP contribution in [0.15, 0.2) is 23.2 Å². The molecule has 0 unspecified atom stereocenters. The predicted molar refractivity (Wildman–Crippen MR) is 122 cm³/mol. The number of amides is 1. The van der Waals surface area contributed by atoms with Gasteiger partial charge in [-0.25, -0.2) is 0 Å². The number of rotatable bonds is 9. The monoisotopic (exact) mass is 418 g/mol. The molecule has 0 aromatic heterocycles. The van der Waals surface area contributed by atoms with Crippen molar-refractivity contribution in [2.45, 2.75) is 51.4 Å². The Balaban J connectivity index is 2.03. The third-order valence-electron chi connectivity index (χ3n) is 5.87. The molecule has 1 aromatic rings. The van der Waals surface area contributed by atoms with Crippen molar-refractivity contribution in [2.75, 3.05) is 40.9 Å². The second kappa shape index (κ2) is 11.7. The predicted octanol–water partition coefficient (Wildman–Crippen LogP) is 2.84. The largest absolute Gasteiger partial charge is 0.493 e. The minimum absolute atomic E-state index is 0.00455. The van der Waals surface area contributed by atoms with Crippen LogP contribution < -0.4 is 25.4 Å². The molecular weight excluding hydrogens is 380 g/mol. The maximum atomic E-state index is 11.7. The molecule has 1 aromatic carbocycles. The highest BCUT2D eigenvalue weighted by Crippen LogP contribution is 2.42. The van der Waals surface area contributed by atoms with Crippen LogP contribution >= 0.6 is 0 Å². The zero-order valence-corrected chi connectivity index (χ0v) is 19.1. The Kier molecular flexibility index (Phi) is 9.27. The van der Waals surface area contributed by atoms with Gasteiger partial charge >= 0.3 is 0 Å². The van der Waals surface area contributed by atoms with Crippen molar-refractivity contribution in [2.24, 2.45) is 10.9 Å². The average Bonchev–Trinajstić information content (AvgIpc) is 2.78. The second-order valence-corrected chi connectivity index (χ2v) is 8.21. The molecule has 7 nitrogen and oxygen atoms in total. The maximum Gasteiger partial charge on any atom is 0.222 e. The Morgan fingerprint density at radius 1 is 1.03 bits per heavy atom. The molecule has 7 heteroatoms. The van der Waals surface area contributed by atoms with Gasteiger partial charge in [-0.15, -0.1) is 0 Å². The van der Waals surface area contributed by atoms with Gasteiger partial charge in [0.05, 0.1) is 14.2 Å². The first-order valence-corrected chi connectivity index (χ1v) is 10.9. The summed E-state index contributed by atoms with van der Waals surface area (Å²) in [6.45, 7) is 5.77. The lowest BCUT2D eigenvalue weighted by molar-refractivity contribution is -0.123. The van der Waals surface area contributed by atoms with E-state index in [9.17, 15) is 4.79 Å². The molecule has 0 atom stereocenters. The zero-order valence-electron chi connectivity index (χ0n) is 19.1. The van der Waals surface area contributed by atoms with Gasteiger partial charge in [-0.05, 0) is 30.5 Å². The SMILES string of the molecule is CN=C(NCCNC(=O)C(C)C)NCC1(c2ccc(OC)c(OC)c2)CCCCC1. The molecule has 168 valence electrons. The van der Waals surface area contributed by atoms with Crippen LogP contribution in [0, 0.1) is 5.92 Å². The number of carbonyl (C=O) groups is 1. The number of hydrogen-bond donors (Lipinski definition) is 3. The van der Waals surface area contributed by atoms with Gasteiger partial charge in [-0.3, -0.25) is 9.79 Å². The van der Waals surface area contributed by atoms with Crippen LogP contribution in [0.4, 0.5) is 0 Å². The highest BCUT2D eigenvalue weighted by Gasteiger charge is 2.34. The molecule has 1 aliphatic carbocycles. The van der Waals surface area contributed by atoms with Gasteiger partial charge in [0.25, 0.3) is 0 Å². The van der Waals surface area contributed by atoms with Crippen LogP contribution in [0.5, 0.6) is 11.5 Å². The van der Waals surface area contributed by atoms with Crippen molar-refractivity contribution in [3.8, 4) is 11.5 Å². The summed E-state index contributed by atoms with van der Waals surface area (Å²) in [6, 6.07) is 6.27. The third kappa shape index (κ3) is 6.28. The first-order chi connectivity index (χ1) is 14.5. The highest BCUT2D eigenvalue weighted by molar-refractivity contribution is 5.80. The van der Waals surface area contributed by atoms with Gasteiger partial charge in [0, 0.05) is 38.0 Å². The van der Waals surface area contributed by atoms with E-state index < -0.39 is 0 Å². The Morgan fingerprint density at radius 3 is 2.30 bits per heavy atom. The minimum atomic E-state index is -0.00455. The summed E-state index contributed by atoms with van der Waals surface area (Å²) in [5.41, 5.74) is 1.30. The fourth-order valence-electron chi connectivity index (χ4n) is 4.01. The number of ether oxygens (including phenoxy) is 2. The van der Waals surface area contributed by atoms with Crippen molar-refractivity contribution in [3.63, 3.8) is 0 Å². The summed E-state index contributed by atoms with van der Waals surface area (Å²) in [4.78, 5) is 16.0. The summed E-state index contributed by atoms with van der Waals surface area (Å²) in [5.74, 6) is 2.33. The van der Waals surface area contributed by atoms with Gasteiger partial charge in [-0.1, -0.05) is 39.2 Å². The molecule has 0 spiro atoms. The van der Waals surface area contributed by atoms with Crippen LogP contribution in [-0.4, -0.2) is 52.8 Å². The molecule has 0 bridgehead atoms. The summed E-state index contributed by atoms with van der Waals surface area (Å²) >= 11 is 0. The normalized spacial score (nSPS) is 16.1. The van der Waals surface area contributed by atoms with E-state index in [4.69, 9.17) is 9.47 Å². The number of methoxy groups -OCH3 is 2. The Labute approximate surface area is 181 Å². The molecule has 2 rings (SSSR count). The van der Waals surface area contributed by atoms with Crippen LogP contribution in [0.3, 0.4) is 0 Å². The van der Waals surface area contributed by atoms with Crippen molar-refractivity contribution in [1.82, 2.24) is 16.0 Å². The molecule has 1 saturated carbocycles. The first-order valence-electron chi connectivity index (χ1n) is 10.9. The molecule has 0 radical (unpaired) electrons. The topological polar surface area (TPSA) is 84.0 Å². The van der Waals surface area contributed by atoms with E-state index in [1.54, 1.807) is 21.3 Å². The van der Waals surface area contributed by atoms with Crippen molar-refractivity contribution in [3.05, 3.63) is 23.8 Å². The summed E-state index contributed by atoms with van der Waals surface area (Å²) in [6.07, 6.45) is 5.94. The molecule has 1 fully saturated rings. The van der Waals surface area contributed by atoms with Crippen LogP contribution in [0.1, 0.15) is 51.5 Å². The summed E-state index contributed by atoms with van der Waals surface area (Å²) < 4.78 is 11.0. The lowest BCUT2D eigenvalue weighted by Crippen LogP contribution is -2.48. The number of benzene rings is 1. The van der Waals surface area contributed by atoms with Crippen LogP contribution in [0.25, 0.3) is 0 Å². The summed E-state index contributed by atoms with van der Waals surface area (Å²) in [7, 11) is 5.11. The second-order valence-electron chi connectivity index (χ2n) is 8.21. The van der Waals surface area contributed by atoms with Crippen molar-refractivity contribution in [1.29, 1.82) is 0 Å². The lowest BCUT2D eigenvalue weighted by atomic mass is 9.69. The molecule has 30 heavy (non-hydrogen) atoms. The highest BCUT2D eigenvalue weighted by atomic mass is 16.5. The molecule has 0 saturated heterocycles. The van der Waals surface area contributed by atoms with Crippen molar-refractivity contribution < 1.29 is 14.3 Å². The van der Waals surface area contributed by atoms with E-state index in [2.05, 4.69) is 33.1 Å². The maximum absolute atomic E-state index is 11.7. The number of nitrogens with zero attached hydrogens (tertiary/aromatic N) is 1. The van der Waals surface area contributed by atoms with Crippen LogP contribution in [0.2, 0.25) is 0 Å².